The number of hydrazone groups is 1. The first kappa shape index (κ1) is 17.8. The Kier molecular flexibility index (Phi) is 5.71. The van der Waals surface area contributed by atoms with E-state index in [9.17, 15) is 5.11 Å². The summed E-state index contributed by atoms with van der Waals surface area (Å²) in [6.45, 7) is 3.88. The van der Waals surface area contributed by atoms with Crippen LogP contribution < -0.4 is 5.43 Å². The van der Waals surface area contributed by atoms with Gasteiger partial charge < -0.3 is 5.11 Å². The molecule has 3 rings (SSSR count). The Morgan fingerprint density at radius 1 is 1.04 bits per heavy atom. The van der Waals surface area contributed by atoms with Gasteiger partial charge in [-0.1, -0.05) is 54.1 Å². The minimum Gasteiger partial charge on any atom is -0.392 e. The number of aliphatic hydroxyl groups is 1. The lowest BCUT2D eigenvalue weighted by Gasteiger charge is -2.09. The number of nitrogens with one attached hydrogen (secondary N) is 1. The highest BCUT2D eigenvalue weighted by Gasteiger charge is 2.08. The highest BCUT2D eigenvalue weighted by Crippen LogP contribution is 2.24. The standard InChI is InChI=1S/C21H22N4O/c1-15-7-9-17(10-8-15)11-12-22-25-21-13-20(23-16(2)24-21)19-6-4-3-5-18(19)14-26/h3-10,12-13,26H,11,14H2,1-2H3,(H,23,24,25). The zero-order valence-electron chi connectivity index (χ0n) is 15.0. The van der Waals surface area contributed by atoms with Crippen LogP contribution in [0.2, 0.25) is 0 Å². The first-order valence-corrected chi connectivity index (χ1v) is 8.53. The number of benzene rings is 2. The van der Waals surface area contributed by atoms with E-state index in [0.717, 1.165) is 23.2 Å². The Hall–Kier alpha value is -3.05. The topological polar surface area (TPSA) is 70.4 Å². The summed E-state index contributed by atoms with van der Waals surface area (Å²) in [6.07, 6.45) is 2.57. The molecule has 0 saturated carbocycles. The predicted octanol–water partition coefficient (Wildman–Crippen LogP) is 3.89. The van der Waals surface area contributed by atoms with Crippen molar-refractivity contribution in [3.05, 3.63) is 77.1 Å². The fourth-order valence-corrected chi connectivity index (χ4v) is 2.66. The van der Waals surface area contributed by atoms with Gasteiger partial charge in [-0.05, 0) is 25.0 Å². The first-order chi connectivity index (χ1) is 12.7. The van der Waals surface area contributed by atoms with Crippen LogP contribution in [0.1, 0.15) is 22.5 Å². The summed E-state index contributed by atoms with van der Waals surface area (Å²) in [6, 6.07) is 17.9. The van der Waals surface area contributed by atoms with Gasteiger partial charge in [-0.3, -0.25) is 5.43 Å². The summed E-state index contributed by atoms with van der Waals surface area (Å²) >= 11 is 0. The molecule has 2 aromatic carbocycles. The molecule has 0 saturated heterocycles. The summed E-state index contributed by atoms with van der Waals surface area (Å²) in [5.41, 5.74) is 7.91. The van der Waals surface area contributed by atoms with Crippen LogP contribution in [0.25, 0.3) is 11.3 Å². The lowest BCUT2D eigenvalue weighted by Crippen LogP contribution is -2.00. The Labute approximate surface area is 153 Å². The third-order valence-corrected chi connectivity index (χ3v) is 4.02. The van der Waals surface area contributed by atoms with Gasteiger partial charge >= 0.3 is 0 Å². The second kappa shape index (κ2) is 8.36. The molecule has 26 heavy (non-hydrogen) atoms. The number of hydrogen-bond donors (Lipinski definition) is 2. The molecule has 0 aliphatic rings. The summed E-state index contributed by atoms with van der Waals surface area (Å²) in [5, 5.41) is 13.8. The molecule has 0 unspecified atom stereocenters. The summed E-state index contributed by atoms with van der Waals surface area (Å²) in [5.74, 6) is 1.27. The first-order valence-electron chi connectivity index (χ1n) is 8.53. The molecule has 1 heterocycles. The van der Waals surface area contributed by atoms with Gasteiger partial charge in [-0.25, -0.2) is 9.97 Å². The monoisotopic (exact) mass is 346 g/mol. The Morgan fingerprint density at radius 2 is 1.81 bits per heavy atom. The third-order valence-electron chi connectivity index (χ3n) is 4.02. The zero-order chi connectivity index (χ0) is 18.4. The lowest BCUT2D eigenvalue weighted by atomic mass is 10.0. The van der Waals surface area contributed by atoms with Crippen LogP contribution in [0.15, 0.2) is 59.7 Å². The van der Waals surface area contributed by atoms with Gasteiger partial charge in [0.05, 0.1) is 12.3 Å². The van der Waals surface area contributed by atoms with Gasteiger partial charge in [-0.2, -0.15) is 5.10 Å². The van der Waals surface area contributed by atoms with Crippen LogP contribution in [0.5, 0.6) is 0 Å². The molecule has 0 aliphatic carbocycles. The highest BCUT2D eigenvalue weighted by atomic mass is 16.3. The maximum atomic E-state index is 9.53. The fraction of sp³-hybridized carbons (Fsp3) is 0.190. The van der Waals surface area contributed by atoms with Crippen LogP contribution >= 0.6 is 0 Å². The van der Waals surface area contributed by atoms with E-state index in [1.807, 2.05) is 43.5 Å². The molecule has 3 aromatic rings. The van der Waals surface area contributed by atoms with E-state index < -0.39 is 0 Å². The number of aryl methyl sites for hydroxylation is 2. The minimum atomic E-state index is -0.0311. The zero-order valence-corrected chi connectivity index (χ0v) is 15.0. The number of rotatable bonds is 6. The molecular weight excluding hydrogens is 324 g/mol. The number of anilines is 1. The van der Waals surface area contributed by atoms with E-state index in [2.05, 4.69) is 51.7 Å². The normalized spacial score (nSPS) is 11.0. The molecule has 0 atom stereocenters. The van der Waals surface area contributed by atoms with Crippen LogP contribution in [0.4, 0.5) is 5.82 Å². The molecular formula is C21H22N4O. The van der Waals surface area contributed by atoms with E-state index in [4.69, 9.17) is 0 Å². The van der Waals surface area contributed by atoms with Crippen molar-refractivity contribution in [2.24, 2.45) is 5.10 Å². The molecule has 0 spiro atoms. The Balaban J connectivity index is 1.73. The van der Waals surface area contributed by atoms with Crippen LogP contribution in [-0.4, -0.2) is 21.3 Å². The average molecular weight is 346 g/mol. The molecule has 0 radical (unpaired) electrons. The van der Waals surface area contributed by atoms with Crippen molar-refractivity contribution in [1.29, 1.82) is 0 Å². The summed E-state index contributed by atoms with van der Waals surface area (Å²) in [4.78, 5) is 8.86. The number of aromatic nitrogens is 2. The second-order valence-corrected chi connectivity index (χ2v) is 6.11. The van der Waals surface area contributed by atoms with Crippen molar-refractivity contribution in [3.63, 3.8) is 0 Å². The molecule has 0 amide bonds. The molecule has 0 bridgehead atoms. The molecule has 0 fully saturated rings. The largest absolute Gasteiger partial charge is 0.392 e. The smallest absolute Gasteiger partial charge is 0.150 e. The third kappa shape index (κ3) is 4.52. The molecule has 1 aromatic heterocycles. The SMILES string of the molecule is Cc1ccc(CC=NNc2cc(-c3ccccc3CO)nc(C)n2)cc1. The van der Waals surface area contributed by atoms with E-state index >= 15 is 0 Å². The van der Waals surface area contributed by atoms with E-state index in [1.54, 1.807) is 0 Å². The van der Waals surface area contributed by atoms with Crippen LogP contribution in [-0.2, 0) is 13.0 Å². The second-order valence-electron chi connectivity index (χ2n) is 6.11. The fourth-order valence-electron chi connectivity index (χ4n) is 2.66. The summed E-state index contributed by atoms with van der Waals surface area (Å²) in [7, 11) is 0. The predicted molar refractivity (Wildman–Crippen MR) is 105 cm³/mol. The maximum absolute atomic E-state index is 9.53. The van der Waals surface area contributed by atoms with E-state index in [-0.39, 0.29) is 6.61 Å². The van der Waals surface area contributed by atoms with E-state index in [1.165, 1.54) is 11.1 Å². The number of nitrogens with zero attached hydrogens (tertiary/aromatic N) is 3. The van der Waals surface area contributed by atoms with Gasteiger partial charge in [-0.15, -0.1) is 0 Å². The van der Waals surface area contributed by atoms with Gasteiger partial charge in [0, 0.05) is 24.3 Å². The average Bonchev–Trinajstić information content (AvgIpc) is 2.66. The quantitative estimate of drug-likeness (QED) is 0.525. The Bertz CT molecular complexity index is 904. The van der Waals surface area contributed by atoms with E-state index in [0.29, 0.717) is 11.6 Å². The van der Waals surface area contributed by atoms with Crippen molar-refractivity contribution >= 4 is 12.0 Å². The Morgan fingerprint density at radius 3 is 2.58 bits per heavy atom. The van der Waals surface area contributed by atoms with Crippen LogP contribution in [0.3, 0.4) is 0 Å². The summed E-state index contributed by atoms with van der Waals surface area (Å²) < 4.78 is 0. The molecule has 2 N–H and O–H groups in total. The lowest BCUT2D eigenvalue weighted by molar-refractivity contribution is 0.282. The molecule has 0 aliphatic heterocycles. The molecule has 5 nitrogen and oxygen atoms in total. The molecule has 5 heteroatoms. The highest BCUT2D eigenvalue weighted by molar-refractivity contribution is 5.67. The van der Waals surface area contributed by atoms with Crippen molar-refractivity contribution in [2.75, 3.05) is 5.43 Å². The van der Waals surface area contributed by atoms with Crippen LogP contribution in [0, 0.1) is 13.8 Å². The van der Waals surface area contributed by atoms with Gasteiger partial charge in [0.15, 0.2) is 0 Å². The molecule has 132 valence electrons. The number of hydrogen-bond acceptors (Lipinski definition) is 5. The van der Waals surface area contributed by atoms with Gasteiger partial charge in [0.25, 0.3) is 0 Å². The van der Waals surface area contributed by atoms with Gasteiger partial charge in [0.1, 0.15) is 11.6 Å². The van der Waals surface area contributed by atoms with Crippen molar-refractivity contribution in [1.82, 2.24) is 9.97 Å². The van der Waals surface area contributed by atoms with Crippen molar-refractivity contribution in [2.45, 2.75) is 26.9 Å². The van der Waals surface area contributed by atoms with Gasteiger partial charge in [0.2, 0.25) is 0 Å². The van der Waals surface area contributed by atoms with Crippen molar-refractivity contribution < 1.29 is 5.11 Å². The maximum Gasteiger partial charge on any atom is 0.150 e. The number of aliphatic hydroxyl groups excluding tert-OH is 1. The van der Waals surface area contributed by atoms with Crippen molar-refractivity contribution in [3.8, 4) is 11.3 Å². The minimum absolute atomic E-state index is 0.0311.